The summed E-state index contributed by atoms with van der Waals surface area (Å²) in [4.78, 5) is 0. The Kier molecular flexibility index (Phi) is 6.27. The first-order valence-corrected chi connectivity index (χ1v) is 7.08. The highest BCUT2D eigenvalue weighted by atomic mass is 16.7. The van der Waals surface area contributed by atoms with Gasteiger partial charge in [-0.25, -0.2) is 0 Å². The van der Waals surface area contributed by atoms with Gasteiger partial charge < -0.3 is 55.1 Å². The summed E-state index contributed by atoms with van der Waals surface area (Å²) in [5.41, 5.74) is 0. The first-order valence-electron chi connectivity index (χ1n) is 7.08. The molecule has 2 aliphatic heterocycles. The molecule has 11 heteroatoms. The molecule has 2 heterocycles. The molecule has 0 spiro atoms. The Balaban J connectivity index is 2.11. The maximum absolute atomic E-state index is 10.00. The number of hydrogen-bond donors (Lipinski definition) is 8. The lowest BCUT2D eigenvalue weighted by Gasteiger charge is -2.45. The summed E-state index contributed by atoms with van der Waals surface area (Å²) in [7, 11) is 0. The quantitative estimate of drug-likeness (QED) is 0.243. The van der Waals surface area contributed by atoms with Crippen LogP contribution in [0, 0.1) is 0 Å². The third-order valence-corrected chi connectivity index (χ3v) is 3.98. The van der Waals surface area contributed by atoms with Crippen molar-refractivity contribution in [1.29, 1.82) is 0 Å². The van der Waals surface area contributed by atoms with Crippen molar-refractivity contribution in [2.75, 3.05) is 13.2 Å². The van der Waals surface area contributed by atoms with Gasteiger partial charge in [-0.05, 0) is 0 Å². The van der Waals surface area contributed by atoms with Crippen LogP contribution in [-0.4, -0.2) is 115 Å². The predicted octanol–water partition coefficient (Wildman–Crippen LogP) is -5.40. The van der Waals surface area contributed by atoms with Crippen LogP contribution in [0.2, 0.25) is 0 Å². The van der Waals surface area contributed by atoms with Gasteiger partial charge >= 0.3 is 0 Å². The Bertz CT molecular complexity index is 380. The van der Waals surface area contributed by atoms with E-state index in [1.807, 2.05) is 0 Å². The molecule has 0 aromatic rings. The van der Waals surface area contributed by atoms with E-state index in [1.165, 1.54) is 0 Å². The van der Waals surface area contributed by atoms with E-state index in [9.17, 15) is 30.6 Å². The lowest BCUT2D eigenvalue weighted by molar-refractivity contribution is -0.355. The van der Waals surface area contributed by atoms with Crippen molar-refractivity contribution in [3.63, 3.8) is 0 Å². The molecule has 23 heavy (non-hydrogen) atoms. The molecule has 11 nitrogen and oxygen atoms in total. The van der Waals surface area contributed by atoms with Gasteiger partial charge in [0.2, 0.25) is 0 Å². The van der Waals surface area contributed by atoms with Crippen LogP contribution in [0.5, 0.6) is 0 Å². The Hall–Kier alpha value is -0.440. The highest BCUT2D eigenvalue weighted by Crippen LogP contribution is 2.28. The highest BCUT2D eigenvalue weighted by Gasteiger charge is 2.50. The first kappa shape index (κ1) is 18.9. The maximum Gasteiger partial charge on any atom is 0.187 e. The van der Waals surface area contributed by atoms with Crippen LogP contribution in [0.25, 0.3) is 0 Å². The molecule has 0 amide bonds. The molecule has 0 unspecified atom stereocenters. The van der Waals surface area contributed by atoms with Gasteiger partial charge in [0, 0.05) is 0 Å². The molecule has 0 aromatic carbocycles. The normalized spacial score (nSPS) is 51.7. The van der Waals surface area contributed by atoms with Crippen LogP contribution in [-0.2, 0) is 14.2 Å². The van der Waals surface area contributed by atoms with Crippen LogP contribution in [0.15, 0.2) is 0 Å². The van der Waals surface area contributed by atoms with Gasteiger partial charge in [0.05, 0.1) is 13.2 Å². The van der Waals surface area contributed by atoms with Crippen LogP contribution < -0.4 is 0 Å². The summed E-state index contributed by atoms with van der Waals surface area (Å²) in [6, 6.07) is 0. The van der Waals surface area contributed by atoms with Crippen molar-refractivity contribution >= 4 is 0 Å². The lowest BCUT2D eigenvalue weighted by atomic mass is 9.97. The average Bonchev–Trinajstić information content (AvgIpc) is 2.54. The first-order chi connectivity index (χ1) is 10.8. The molecule has 0 aliphatic carbocycles. The van der Waals surface area contributed by atoms with E-state index in [4.69, 9.17) is 24.4 Å². The van der Waals surface area contributed by atoms with Gasteiger partial charge in [-0.2, -0.15) is 0 Å². The van der Waals surface area contributed by atoms with E-state index in [0.29, 0.717) is 0 Å². The third kappa shape index (κ3) is 3.65. The zero-order valence-electron chi connectivity index (χ0n) is 12.0. The lowest BCUT2D eigenvalue weighted by Crippen LogP contribution is -2.64. The number of ether oxygens (including phenoxy) is 3. The van der Waals surface area contributed by atoms with Crippen LogP contribution in [0.1, 0.15) is 0 Å². The molecule has 2 fully saturated rings. The second kappa shape index (κ2) is 7.63. The van der Waals surface area contributed by atoms with E-state index in [0.717, 1.165) is 0 Å². The zero-order valence-corrected chi connectivity index (χ0v) is 12.0. The second-order valence-electron chi connectivity index (χ2n) is 5.53. The van der Waals surface area contributed by atoms with Crippen molar-refractivity contribution in [3.05, 3.63) is 0 Å². The molecule has 136 valence electrons. The van der Waals surface area contributed by atoms with Gasteiger partial charge in [-0.3, -0.25) is 0 Å². The Labute approximate surface area is 130 Å². The second-order valence-corrected chi connectivity index (χ2v) is 5.53. The number of aliphatic hydroxyl groups excluding tert-OH is 8. The summed E-state index contributed by atoms with van der Waals surface area (Å²) in [5, 5.41) is 76.8. The zero-order chi connectivity index (χ0) is 17.3. The van der Waals surface area contributed by atoms with Crippen molar-refractivity contribution in [1.82, 2.24) is 0 Å². The Morgan fingerprint density at radius 2 is 1.22 bits per heavy atom. The van der Waals surface area contributed by atoms with Crippen LogP contribution >= 0.6 is 0 Å². The maximum atomic E-state index is 10.00. The number of rotatable bonds is 4. The van der Waals surface area contributed by atoms with Crippen LogP contribution in [0.4, 0.5) is 0 Å². The van der Waals surface area contributed by atoms with E-state index >= 15 is 0 Å². The fraction of sp³-hybridized carbons (Fsp3) is 1.00. The predicted molar refractivity (Wildman–Crippen MR) is 68.6 cm³/mol. The minimum atomic E-state index is -1.76. The highest BCUT2D eigenvalue weighted by molar-refractivity contribution is 4.93. The van der Waals surface area contributed by atoms with Gasteiger partial charge in [-0.1, -0.05) is 0 Å². The number of hydrogen-bond acceptors (Lipinski definition) is 11. The molecule has 0 radical (unpaired) electrons. The summed E-state index contributed by atoms with van der Waals surface area (Å²) >= 11 is 0. The van der Waals surface area contributed by atoms with Gasteiger partial charge in [0.25, 0.3) is 0 Å². The Morgan fingerprint density at radius 1 is 0.652 bits per heavy atom. The summed E-state index contributed by atoms with van der Waals surface area (Å²) in [5.74, 6) is 0. The van der Waals surface area contributed by atoms with Gasteiger partial charge in [-0.15, -0.1) is 0 Å². The van der Waals surface area contributed by atoms with Crippen molar-refractivity contribution in [2.45, 2.75) is 61.4 Å². The largest absolute Gasteiger partial charge is 0.394 e. The monoisotopic (exact) mass is 342 g/mol. The van der Waals surface area contributed by atoms with E-state index < -0.39 is 74.6 Å². The minimum Gasteiger partial charge on any atom is -0.394 e. The SMILES string of the molecule is OC[C@@H]1O[C@H](O[C@@H]2[C@@H](O)[C@H](O)O[C@@H](CO)[C@@H]2O)[C@@H](O)[C@@H](O)[C@H]1O. The Morgan fingerprint density at radius 3 is 1.78 bits per heavy atom. The van der Waals surface area contributed by atoms with Gasteiger partial charge in [0.1, 0.15) is 48.8 Å². The van der Waals surface area contributed by atoms with Gasteiger partial charge in [0.15, 0.2) is 12.6 Å². The fourth-order valence-electron chi connectivity index (χ4n) is 2.56. The molecule has 2 aliphatic rings. The molecule has 0 bridgehead atoms. The molecule has 2 saturated heterocycles. The summed E-state index contributed by atoms with van der Waals surface area (Å²) < 4.78 is 15.1. The van der Waals surface area contributed by atoms with E-state index in [2.05, 4.69) is 0 Å². The third-order valence-electron chi connectivity index (χ3n) is 3.98. The van der Waals surface area contributed by atoms with Crippen molar-refractivity contribution in [2.24, 2.45) is 0 Å². The molecule has 0 aromatic heterocycles. The van der Waals surface area contributed by atoms with Crippen molar-refractivity contribution < 1.29 is 55.1 Å². The van der Waals surface area contributed by atoms with Crippen LogP contribution in [0.3, 0.4) is 0 Å². The molecule has 2 rings (SSSR count). The van der Waals surface area contributed by atoms with Crippen molar-refractivity contribution in [3.8, 4) is 0 Å². The standard InChI is InChI=1S/C12H22O11/c13-1-3-5(15)7(17)8(18)12(22-3)23-10-6(16)4(2-14)21-11(20)9(10)19/h3-20H,1-2H2/t3-,4-,5-,6-,7-,8-,9+,10-,11+,12+/m0/s1. The molecule has 8 N–H and O–H groups in total. The smallest absolute Gasteiger partial charge is 0.187 e. The topological polar surface area (TPSA) is 190 Å². The van der Waals surface area contributed by atoms with E-state index in [1.54, 1.807) is 0 Å². The summed E-state index contributed by atoms with van der Waals surface area (Å²) in [6.45, 7) is -1.34. The van der Waals surface area contributed by atoms with E-state index in [-0.39, 0.29) is 0 Å². The number of aliphatic hydroxyl groups is 8. The summed E-state index contributed by atoms with van der Waals surface area (Å²) in [6.07, 6.45) is -15.7. The average molecular weight is 342 g/mol. The molecule has 0 saturated carbocycles. The fourth-order valence-corrected chi connectivity index (χ4v) is 2.56. The minimum absolute atomic E-state index is 0.667. The molecular weight excluding hydrogens is 320 g/mol. The molecular formula is C12H22O11. The molecule has 10 atom stereocenters.